The van der Waals surface area contributed by atoms with Crippen LogP contribution >= 0.6 is 0 Å². The van der Waals surface area contributed by atoms with Crippen molar-refractivity contribution in [1.82, 2.24) is 10.2 Å². The van der Waals surface area contributed by atoms with Gasteiger partial charge < -0.3 is 5.32 Å². The molecular weight excluding hydrogens is 212 g/mol. The molecule has 0 unspecified atom stereocenters. The Balaban J connectivity index is 2.41. The summed E-state index contributed by atoms with van der Waals surface area (Å²) in [5.41, 5.74) is 1.11. The van der Waals surface area contributed by atoms with Crippen molar-refractivity contribution in [2.45, 2.75) is 6.42 Å². The normalized spacial score (nSPS) is 22.2. The van der Waals surface area contributed by atoms with Crippen LogP contribution in [0.25, 0.3) is 0 Å². The zero-order chi connectivity index (χ0) is 11.3. The molecule has 5 heteroatoms. The molecular formula is C10H20N2O2S. The molecule has 88 valence electrons. The summed E-state index contributed by atoms with van der Waals surface area (Å²) in [7, 11) is -0.900. The molecule has 0 radical (unpaired) electrons. The Morgan fingerprint density at radius 2 is 2.13 bits per heavy atom. The fourth-order valence-electron chi connectivity index (χ4n) is 1.77. The van der Waals surface area contributed by atoms with Gasteiger partial charge in [-0.1, -0.05) is 6.58 Å². The van der Waals surface area contributed by atoms with Crippen LogP contribution in [0, 0.1) is 0 Å². The Labute approximate surface area is 92.3 Å². The second-order valence-corrected chi connectivity index (χ2v) is 6.37. The summed E-state index contributed by atoms with van der Waals surface area (Å²) in [5.74, 6) is 0.627. The topological polar surface area (TPSA) is 49.4 Å². The van der Waals surface area contributed by atoms with E-state index in [1.807, 2.05) is 7.05 Å². The van der Waals surface area contributed by atoms with E-state index in [0.717, 1.165) is 31.6 Å². The Kier molecular flexibility index (Phi) is 4.76. The van der Waals surface area contributed by atoms with Gasteiger partial charge in [-0.25, -0.2) is 8.42 Å². The Morgan fingerprint density at radius 3 is 2.80 bits per heavy atom. The lowest BCUT2D eigenvalue weighted by atomic mass is 10.2. The Bertz CT molecular complexity index is 311. The molecule has 1 heterocycles. The fourth-order valence-corrected chi connectivity index (χ4v) is 3.08. The van der Waals surface area contributed by atoms with Crippen LogP contribution in [0.4, 0.5) is 0 Å². The number of nitrogens with zero attached hydrogens (tertiary/aromatic N) is 1. The first-order valence-electron chi connectivity index (χ1n) is 5.27. The first kappa shape index (κ1) is 12.7. The number of nitrogens with one attached hydrogen (secondary N) is 1. The van der Waals surface area contributed by atoms with Crippen LogP contribution < -0.4 is 5.32 Å². The molecule has 0 bridgehead atoms. The summed E-state index contributed by atoms with van der Waals surface area (Å²) in [6.45, 7) is 7.06. The lowest BCUT2D eigenvalue weighted by molar-refractivity contribution is 0.318. The fraction of sp³-hybridized carbons (Fsp3) is 0.800. The first-order chi connectivity index (χ1) is 7.03. The summed E-state index contributed by atoms with van der Waals surface area (Å²) < 4.78 is 22.7. The minimum absolute atomic E-state index is 0.292. The molecule has 0 amide bonds. The zero-order valence-electron chi connectivity index (χ0n) is 9.33. The first-order valence-corrected chi connectivity index (χ1v) is 7.09. The minimum Gasteiger partial charge on any atom is -0.316 e. The largest absolute Gasteiger partial charge is 0.316 e. The quantitative estimate of drug-likeness (QED) is 0.687. The smallest absolute Gasteiger partial charge is 0.151 e. The molecule has 1 rings (SSSR count). The predicted octanol–water partition coefficient (Wildman–Crippen LogP) is -0.117. The van der Waals surface area contributed by atoms with Crippen LogP contribution in [0.1, 0.15) is 6.42 Å². The van der Waals surface area contributed by atoms with Crippen LogP contribution in [0.2, 0.25) is 0 Å². The molecule has 0 aromatic rings. The van der Waals surface area contributed by atoms with Crippen molar-refractivity contribution in [3.8, 4) is 0 Å². The molecule has 1 fully saturated rings. The molecule has 0 aromatic heterocycles. The van der Waals surface area contributed by atoms with Gasteiger partial charge in [-0.15, -0.1) is 0 Å². The van der Waals surface area contributed by atoms with E-state index < -0.39 is 9.84 Å². The van der Waals surface area contributed by atoms with Gasteiger partial charge in [0, 0.05) is 19.6 Å². The third-order valence-corrected chi connectivity index (χ3v) is 4.24. The second kappa shape index (κ2) is 5.63. The van der Waals surface area contributed by atoms with E-state index >= 15 is 0 Å². The number of hydrogen-bond acceptors (Lipinski definition) is 4. The zero-order valence-corrected chi connectivity index (χ0v) is 10.1. The van der Waals surface area contributed by atoms with Crippen molar-refractivity contribution < 1.29 is 8.42 Å². The lowest BCUT2D eigenvalue weighted by Gasteiger charge is -2.20. The Morgan fingerprint density at radius 1 is 1.40 bits per heavy atom. The second-order valence-electron chi connectivity index (χ2n) is 4.06. The molecule has 1 aliphatic rings. The van der Waals surface area contributed by atoms with Gasteiger partial charge in [0.05, 0.1) is 11.5 Å². The van der Waals surface area contributed by atoms with Crippen molar-refractivity contribution in [2.75, 3.05) is 44.7 Å². The third-order valence-electron chi connectivity index (χ3n) is 2.52. The standard InChI is InChI=1S/C10H20N2O2S/c1-10(8-11-2)9-12-4-3-6-15(13,14)7-5-12/h11H,1,3-9H2,2H3. The van der Waals surface area contributed by atoms with E-state index in [1.54, 1.807) is 0 Å². The highest BCUT2D eigenvalue weighted by atomic mass is 32.2. The van der Waals surface area contributed by atoms with Crippen LogP contribution in [-0.2, 0) is 9.84 Å². The van der Waals surface area contributed by atoms with Crippen molar-refractivity contribution in [1.29, 1.82) is 0 Å². The van der Waals surface area contributed by atoms with Crippen LogP contribution in [0.5, 0.6) is 0 Å². The maximum absolute atomic E-state index is 11.4. The minimum atomic E-state index is -2.79. The molecule has 1 N–H and O–H groups in total. The van der Waals surface area contributed by atoms with Crippen molar-refractivity contribution >= 4 is 9.84 Å². The predicted molar refractivity (Wildman–Crippen MR) is 62.8 cm³/mol. The molecule has 15 heavy (non-hydrogen) atoms. The van der Waals surface area contributed by atoms with Crippen LogP contribution in [0.15, 0.2) is 12.2 Å². The lowest BCUT2D eigenvalue weighted by Crippen LogP contribution is -2.31. The average molecular weight is 232 g/mol. The van der Waals surface area contributed by atoms with E-state index in [1.165, 1.54) is 0 Å². The molecule has 0 saturated carbocycles. The number of sulfone groups is 1. The molecule has 1 aliphatic heterocycles. The van der Waals surface area contributed by atoms with Gasteiger partial charge in [-0.05, 0) is 25.6 Å². The van der Waals surface area contributed by atoms with Crippen LogP contribution in [0.3, 0.4) is 0 Å². The highest BCUT2D eigenvalue weighted by Crippen LogP contribution is 2.06. The van der Waals surface area contributed by atoms with Gasteiger partial charge >= 0.3 is 0 Å². The van der Waals surface area contributed by atoms with E-state index in [9.17, 15) is 8.42 Å². The van der Waals surface area contributed by atoms with E-state index in [-0.39, 0.29) is 0 Å². The average Bonchev–Trinajstić information content (AvgIpc) is 2.28. The summed E-state index contributed by atoms with van der Waals surface area (Å²) in [4.78, 5) is 2.17. The number of likely N-dealkylation sites (N-methyl/N-ethyl adjacent to an activating group) is 1. The van der Waals surface area contributed by atoms with Gasteiger partial charge in [0.25, 0.3) is 0 Å². The summed E-state index contributed by atoms with van der Waals surface area (Å²) in [6.07, 6.45) is 0.745. The Hall–Kier alpha value is -0.390. The van der Waals surface area contributed by atoms with E-state index in [4.69, 9.17) is 0 Å². The molecule has 0 aliphatic carbocycles. The molecule has 1 saturated heterocycles. The SMILES string of the molecule is C=C(CNC)CN1CCCS(=O)(=O)CC1. The van der Waals surface area contributed by atoms with Gasteiger partial charge in [-0.3, -0.25) is 4.90 Å². The maximum atomic E-state index is 11.4. The highest BCUT2D eigenvalue weighted by molar-refractivity contribution is 7.91. The number of rotatable bonds is 4. The van der Waals surface area contributed by atoms with Crippen molar-refractivity contribution in [3.05, 3.63) is 12.2 Å². The molecule has 0 spiro atoms. The third kappa shape index (κ3) is 4.77. The van der Waals surface area contributed by atoms with Gasteiger partial charge in [0.15, 0.2) is 9.84 Å². The summed E-state index contributed by atoms with van der Waals surface area (Å²) in [5, 5.41) is 3.04. The monoisotopic (exact) mass is 232 g/mol. The molecule has 0 aromatic carbocycles. The van der Waals surface area contributed by atoms with Gasteiger partial charge in [-0.2, -0.15) is 0 Å². The van der Waals surface area contributed by atoms with Crippen molar-refractivity contribution in [2.24, 2.45) is 0 Å². The van der Waals surface area contributed by atoms with Crippen LogP contribution in [-0.4, -0.2) is 58.1 Å². The molecule has 0 atom stereocenters. The van der Waals surface area contributed by atoms with Gasteiger partial charge in [0.1, 0.15) is 0 Å². The van der Waals surface area contributed by atoms with Gasteiger partial charge in [0.2, 0.25) is 0 Å². The van der Waals surface area contributed by atoms with Crippen molar-refractivity contribution in [3.63, 3.8) is 0 Å². The number of hydrogen-bond donors (Lipinski definition) is 1. The summed E-state index contributed by atoms with van der Waals surface area (Å²) >= 11 is 0. The summed E-state index contributed by atoms with van der Waals surface area (Å²) in [6, 6.07) is 0. The van der Waals surface area contributed by atoms with E-state index in [0.29, 0.717) is 18.1 Å². The van der Waals surface area contributed by atoms with E-state index in [2.05, 4.69) is 16.8 Å². The maximum Gasteiger partial charge on any atom is 0.151 e. The molecule has 4 nitrogen and oxygen atoms in total. The highest BCUT2D eigenvalue weighted by Gasteiger charge is 2.18.